The van der Waals surface area contributed by atoms with Crippen molar-refractivity contribution in [2.75, 3.05) is 4.90 Å². The maximum absolute atomic E-state index is 14.1. The minimum atomic E-state index is -0.427. The van der Waals surface area contributed by atoms with Gasteiger partial charge in [-0.15, -0.1) is 0 Å². The van der Waals surface area contributed by atoms with Crippen LogP contribution in [0.15, 0.2) is 88.0 Å². The van der Waals surface area contributed by atoms with Crippen molar-refractivity contribution in [1.82, 2.24) is 0 Å². The normalized spacial score (nSPS) is 15.2. The quantitative estimate of drug-likeness (QED) is 0.578. The number of carbonyl (C=O) groups excluding carboxylic acids is 1. The number of phenolic OH excluding ortho intramolecular Hbond substituents is 1. The molecule has 0 saturated heterocycles. The van der Waals surface area contributed by atoms with Gasteiger partial charge >= 0.3 is 0 Å². The van der Waals surface area contributed by atoms with Crippen molar-refractivity contribution in [2.45, 2.75) is 0 Å². The van der Waals surface area contributed by atoms with E-state index >= 15 is 0 Å². The van der Waals surface area contributed by atoms with Gasteiger partial charge in [0.15, 0.2) is 0 Å². The molecule has 0 atom stereocenters. The summed E-state index contributed by atoms with van der Waals surface area (Å²) in [6.07, 6.45) is 1.44. The predicted molar refractivity (Wildman–Crippen MR) is 111 cm³/mol. The van der Waals surface area contributed by atoms with Crippen LogP contribution < -0.4 is 4.90 Å². The third-order valence-corrected chi connectivity index (χ3v) is 4.97. The number of carbonyl (C=O) groups is 1. The Kier molecular flexibility index (Phi) is 4.79. The topological polar surface area (TPSA) is 52.9 Å². The fourth-order valence-corrected chi connectivity index (χ4v) is 3.38. The number of anilines is 1. The van der Waals surface area contributed by atoms with Gasteiger partial charge in [-0.1, -0.05) is 52.3 Å². The molecule has 0 saturated carbocycles. The summed E-state index contributed by atoms with van der Waals surface area (Å²) in [7, 11) is 0. The average Bonchev–Trinajstić information content (AvgIpc) is 3.01. The van der Waals surface area contributed by atoms with Gasteiger partial charge in [0, 0.05) is 15.6 Å². The molecule has 1 aliphatic heterocycles. The Bertz CT molecular complexity index is 1120. The Hall–Kier alpha value is -3.25. The van der Waals surface area contributed by atoms with Gasteiger partial charge in [0.25, 0.3) is 5.91 Å². The third-order valence-electron chi connectivity index (χ3n) is 4.28. The number of aliphatic imine (C=N–C) groups is 1. The zero-order valence-corrected chi connectivity index (χ0v) is 16.1. The fraction of sp³-hybridized carbons (Fsp3) is 0. The molecule has 0 spiro atoms. The van der Waals surface area contributed by atoms with Crippen LogP contribution in [-0.4, -0.2) is 16.8 Å². The van der Waals surface area contributed by atoms with Gasteiger partial charge in [-0.25, -0.2) is 9.38 Å². The van der Waals surface area contributed by atoms with E-state index < -0.39 is 5.82 Å². The summed E-state index contributed by atoms with van der Waals surface area (Å²) in [5.74, 6) is -0.286. The number of aromatic hydroxyl groups is 1. The number of benzene rings is 3. The van der Waals surface area contributed by atoms with Crippen molar-refractivity contribution in [3.05, 3.63) is 99.9 Å². The van der Waals surface area contributed by atoms with Gasteiger partial charge in [-0.05, 0) is 42.5 Å². The van der Waals surface area contributed by atoms with Crippen molar-refractivity contribution in [1.29, 1.82) is 0 Å². The van der Waals surface area contributed by atoms with Crippen LogP contribution >= 0.6 is 15.9 Å². The highest BCUT2D eigenvalue weighted by molar-refractivity contribution is 9.10. The average molecular weight is 437 g/mol. The van der Waals surface area contributed by atoms with Crippen LogP contribution in [0.1, 0.15) is 11.1 Å². The monoisotopic (exact) mass is 436 g/mol. The second-order valence-electron chi connectivity index (χ2n) is 6.12. The highest BCUT2D eigenvalue weighted by atomic mass is 79.9. The third kappa shape index (κ3) is 3.34. The van der Waals surface area contributed by atoms with E-state index in [0.717, 1.165) is 10.0 Å². The minimum Gasteiger partial charge on any atom is -0.508 e. The Labute approximate surface area is 169 Å². The van der Waals surface area contributed by atoms with Crippen LogP contribution in [0.25, 0.3) is 6.08 Å². The molecule has 6 heteroatoms. The number of hydrogen-bond acceptors (Lipinski definition) is 3. The first kappa shape index (κ1) is 18.1. The molecule has 0 radical (unpaired) electrons. The molecular weight excluding hydrogens is 423 g/mol. The van der Waals surface area contributed by atoms with Crippen LogP contribution in [0, 0.1) is 5.82 Å². The largest absolute Gasteiger partial charge is 0.508 e. The van der Waals surface area contributed by atoms with Crippen molar-refractivity contribution in [3.63, 3.8) is 0 Å². The standard InChI is InChI=1S/C22H14BrFN2O2/c23-18-7-3-2-6-17(18)21-25-20(13-14-5-1-4-8-19(14)24)22(28)26(21)15-9-11-16(27)12-10-15/h1-13,27H/b20-13+. The molecule has 4 rings (SSSR count). The summed E-state index contributed by atoms with van der Waals surface area (Å²) in [5, 5.41) is 9.58. The molecule has 1 amide bonds. The van der Waals surface area contributed by atoms with E-state index in [1.807, 2.05) is 24.3 Å². The van der Waals surface area contributed by atoms with Crippen molar-refractivity contribution < 1.29 is 14.3 Å². The van der Waals surface area contributed by atoms with E-state index in [4.69, 9.17) is 0 Å². The Morgan fingerprint density at radius 3 is 2.36 bits per heavy atom. The minimum absolute atomic E-state index is 0.0944. The molecular formula is C22H14BrFN2O2. The van der Waals surface area contributed by atoms with E-state index in [9.17, 15) is 14.3 Å². The smallest absolute Gasteiger partial charge is 0.282 e. The van der Waals surface area contributed by atoms with Crippen LogP contribution in [0.2, 0.25) is 0 Å². The maximum Gasteiger partial charge on any atom is 0.282 e. The van der Waals surface area contributed by atoms with E-state index in [0.29, 0.717) is 11.5 Å². The fourth-order valence-electron chi connectivity index (χ4n) is 2.92. The van der Waals surface area contributed by atoms with Gasteiger partial charge < -0.3 is 5.11 Å². The van der Waals surface area contributed by atoms with Crippen LogP contribution in [0.3, 0.4) is 0 Å². The lowest BCUT2D eigenvalue weighted by Crippen LogP contribution is -2.32. The summed E-state index contributed by atoms with van der Waals surface area (Å²) < 4.78 is 14.8. The van der Waals surface area contributed by atoms with E-state index in [1.165, 1.54) is 29.2 Å². The van der Waals surface area contributed by atoms with E-state index in [-0.39, 0.29) is 22.9 Å². The van der Waals surface area contributed by atoms with E-state index in [1.54, 1.807) is 30.3 Å². The molecule has 138 valence electrons. The van der Waals surface area contributed by atoms with Crippen molar-refractivity contribution in [2.24, 2.45) is 4.99 Å². The van der Waals surface area contributed by atoms with Crippen LogP contribution in [0.4, 0.5) is 10.1 Å². The summed E-state index contributed by atoms with van der Waals surface area (Å²) in [6.45, 7) is 0. The Morgan fingerprint density at radius 2 is 1.64 bits per heavy atom. The van der Waals surface area contributed by atoms with Gasteiger partial charge in [0.1, 0.15) is 23.1 Å². The maximum atomic E-state index is 14.1. The number of phenols is 1. The lowest BCUT2D eigenvalue weighted by molar-refractivity contribution is -0.113. The predicted octanol–water partition coefficient (Wildman–Crippen LogP) is 5.13. The molecule has 0 bridgehead atoms. The van der Waals surface area contributed by atoms with Gasteiger partial charge in [0.2, 0.25) is 0 Å². The molecule has 0 aromatic heterocycles. The molecule has 0 fully saturated rings. The summed E-state index contributed by atoms with van der Waals surface area (Å²) in [5.41, 5.74) is 1.69. The van der Waals surface area contributed by atoms with Gasteiger partial charge in [-0.3, -0.25) is 9.69 Å². The number of hydrogen-bond donors (Lipinski definition) is 1. The molecule has 4 nitrogen and oxygen atoms in total. The first-order chi connectivity index (χ1) is 13.5. The highest BCUT2D eigenvalue weighted by Crippen LogP contribution is 2.31. The van der Waals surface area contributed by atoms with E-state index in [2.05, 4.69) is 20.9 Å². The molecule has 3 aromatic carbocycles. The zero-order valence-electron chi connectivity index (χ0n) is 14.5. The number of rotatable bonds is 3. The van der Waals surface area contributed by atoms with Crippen molar-refractivity contribution >= 4 is 39.4 Å². The lowest BCUT2D eigenvalue weighted by Gasteiger charge is -2.19. The molecule has 1 heterocycles. The molecule has 0 unspecified atom stereocenters. The lowest BCUT2D eigenvalue weighted by atomic mass is 10.1. The second kappa shape index (κ2) is 7.40. The molecule has 1 aliphatic rings. The van der Waals surface area contributed by atoms with Gasteiger partial charge in [-0.2, -0.15) is 0 Å². The molecule has 28 heavy (non-hydrogen) atoms. The molecule has 3 aromatic rings. The second-order valence-corrected chi connectivity index (χ2v) is 6.98. The molecule has 0 aliphatic carbocycles. The summed E-state index contributed by atoms with van der Waals surface area (Å²) in [4.78, 5) is 19.1. The number of amidine groups is 1. The number of nitrogens with zero attached hydrogens (tertiary/aromatic N) is 2. The van der Waals surface area contributed by atoms with Crippen molar-refractivity contribution in [3.8, 4) is 5.75 Å². The molecule has 1 N–H and O–H groups in total. The summed E-state index contributed by atoms with van der Waals surface area (Å²) in [6, 6.07) is 19.9. The number of halogens is 2. The first-order valence-corrected chi connectivity index (χ1v) is 9.27. The Morgan fingerprint density at radius 1 is 0.964 bits per heavy atom. The van der Waals surface area contributed by atoms with Crippen LogP contribution in [0.5, 0.6) is 5.75 Å². The highest BCUT2D eigenvalue weighted by Gasteiger charge is 2.33. The van der Waals surface area contributed by atoms with Crippen LogP contribution in [-0.2, 0) is 4.79 Å². The van der Waals surface area contributed by atoms with Gasteiger partial charge in [0.05, 0.1) is 5.69 Å². The first-order valence-electron chi connectivity index (χ1n) is 8.48. The number of amides is 1. The summed E-state index contributed by atoms with van der Waals surface area (Å²) >= 11 is 3.50. The Balaban J connectivity index is 1.87. The SMILES string of the molecule is O=C1/C(=C\c2ccccc2F)N=C(c2ccccc2Br)N1c1ccc(O)cc1. The zero-order chi connectivity index (χ0) is 19.7.